The summed E-state index contributed by atoms with van der Waals surface area (Å²) in [5, 5.41) is 0. The van der Waals surface area contributed by atoms with Crippen molar-refractivity contribution in [3.63, 3.8) is 0 Å². The summed E-state index contributed by atoms with van der Waals surface area (Å²) in [4.78, 5) is 0. The van der Waals surface area contributed by atoms with Crippen LogP contribution in [0.15, 0.2) is 0 Å². The molecule has 0 rings (SSSR count). The molecular formula is H10AgO5V. The Morgan fingerprint density at radius 3 is 0.429 bits per heavy atom. The molecule has 0 aliphatic heterocycles. The average Bonchev–Trinajstić information content (AvgIpc) is 0. The van der Waals surface area contributed by atoms with Crippen molar-refractivity contribution in [3.8, 4) is 0 Å². The van der Waals surface area contributed by atoms with Crippen molar-refractivity contribution in [2.45, 2.75) is 0 Å². The van der Waals surface area contributed by atoms with Gasteiger partial charge >= 0.3 is 0 Å². The first kappa shape index (κ1) is 326. The molecule has 0 atom stereocenters. The Bertz CT molecular complexity index is 8.04. The summed E-state index contributed by atoms with van der Waals surface area (Å²) in [5.74, 6) is 0. The van der Waals surface area contributed by atoms with E-state index in [0.29, 0.717) is 0 Å². The van der Waals surface area contributed by atoms with Crippen LogP contribution in [0.4, 0.5) is 0 Å². The number of hydrogen-bond donors (Lipinski definition) is 0. The van der Waals surface area contributed by atoms with E-state index in [1.807, 2.05) is 0 Å². The molecule has 10 N–H and O–H groups in total. The second-order valence-corrected chi connectivity index (χ2v) is 0. The van der Waals surface area contributed by atoms with Crippen LogP contribution in [0.2, 0.25) is 0 Å². The fourth-order valence-electron chi connectivity index (χ4n) is 0. The fraction of sp³-hybridized carbons (Fsp3) is 0. The molecule has 7 heteroatoms. The molecule has 0 saturated heterocycles. The molecule has 0 aliphatic rings. The second-order valence-electron chi connectivity index (χ2n) is 0. The van der Waals surface area contributed by atoms with Crippen molar-refractivity contribution in [2.24, 2.45) is 0 Å². The van der Waals surface area contributed by atoms with Gasteiger partial charge in [0.2, 0.25) is 0 Å². The molecule has 5 nitrogen and oxygen atoms in total. The molecule has 0 fully saturated rings. The first-order valence-electron chi connectivity index (χ1n) is 0. The summed E-state index contributed by atoms with van der Waals surface area (Å²) in [5.41, 5.74) is 0. The Morgan fingerprint density at radius 2 is 0.429 bits per heavy atom. The minimum atomic E-state index is 0. The van der Waals surface area contributed by atoms with E-state index >= 15 is 0 Å². The van der Waals surface area contributed by atoms with Crippen LogP contribution in [0, 0.1) is 0 Å². The molecule has 0 aliphatic carbocycles. The van der Waals surface area contributed by atoms with E-state index < -0.39 is 0 Å². The Kier molecular flexibility index (Phi) is 9840. The molecule has 0 bridgehead atoms. The third-order valence-corrected chi connectivity index (χ3v) is 0. The van der Waals surface area contributed by atoms with Crippen molar-refractivity contribution in [2.75, 3.05) is 0 Å². The van der Waals surface area contributed by atoms with Crippen LogP contribution in [0.3, 0.4) is 0 Å². The van der Waals surface area contributed by atoms with Crippen molar-refractivity contribution in [3.05, 3.63) is 0 Å². The van der Waals surface area contributed by atoms with Gasteiger partial charge in [-0.2, -0.15) is 0 Å². The van der Waals surface area contributed by atoms with Gasteiger partial charge in [0.15, 0.2) is 0 Å². The first-order valence-corrected chi connectivity index (χ1v) is 0. The predicted octanol–water partition coefficient (Wildman–Crippen LogP) is -4.13. The van der Waals surface area contributed by atoms with E-state index in [-0.39, 0.29) is 68.3 Å². The van der Waals surface area contributed by atoms with E-state index in [1.165, 1.54) is 0 Å². The van der Waals surface area contributed by atoms with Gasteiger partial charge in [-0.15, -0.1) is 0 Å². The largest absolute Gasteiger partial charge is 0.412 e. The Morgan fingerprint density at radius 1 is 0.429 bits per heavy atom. The molecule has 0 aromatic rings. The van der Waals surface area contributed by atoms with E-state index in [1.54, 1.807) is 0 Å². The van der Waals surface area contributed by atoms with Crippen LogP contribution in [-0.2, 0) is 40.9 Å². The summed E-state index contributed by atoms with van der Waals surface area (Å²) in [6, 6.07) is 0. The molecule has 0 aromatic heterocycles. The summed E-state index contributed by atoms with van der Waals surface area (Å²) in [6.07, 6.45) is 0. The van der Waals surface area contributed by atoms with Gasteiger partial charge in [-0.3, -0.25) is 0 Å². The van der Waals surface area contributed by atoms with E-state index in [0.717, 1.165) is 0 Å². The zero-order chi connectivity index (χ0) is 0. The SMILES string of the molecule is O.O.O.O.O.[Ag].[V]. The van der Waals surface area contributed by atoms with Crippen LogP contribution in [0.1, 0.15) is 0 Å². The van der Waals surface area contributed by atoms with Gasteiger partial charge in [0.25, 0.3) is 0 Å². The van der Waals surface area contributed by atoms with Crippen LogP contribution in [0.5, 0.6) is 0 Å². The van der Waals surface area contributed by atoms with Gasteiger partial charge in [-0.1, -0.05) is 0 Å². The number of rotatable bonds is 0. The second kappa shape index (κ2) is 211. The van der Waals surface area contributed by atoms with Gasteiger partial charge in [-0.25, -0.2) is 0 Å². The Labute approximate surface area is 68.4 Å². The predicted molar refractivity (Wildman–Crippen MR) is 18.1 cm³/mol. The Balaban J connectivity index is 0. The summed E-state index contributed by atoms with van der Waals surface area (Å²) >= 11 is 0. The van der Waals surface area contributed by atoms with E-state index in [9.17, 15) is 0 Å². The molecule has 56 valence electrons. The first-order chi connectivity index (χ1) is 0. The van der Waals surface area contributed by atoms with Crippen molar-refractivity contribution >= 4 is 0 Å². The standard InChI is InChI=1S/Ag.5H2O.V/h;5*1H2;. The third kappa shape index (κ3) is 148. The average molecular weight is 249 g/mol. The molecule has 2 radical (unpaired) electrons. The maximum absolute atomic E-state index is 0. The molecule has 0 spiro atoms. The Hall–Kier alpha value is 1.12. The molecule has 0 amide bonds. The maximum atomic E-state index is 0. The molecule has 0 saturated carbocycles. The van der Waals surface area contributed by atoms with Crippen LogP contribution in [0.25, 0.3) is 0 Å². The van der Waals surface area contributed by atoms with Gasteiger partial charge in [0, 0.05) is 40.9 Å². The van der Waals surface area contributed by atoms with Crippen LogP contribution >= 0.6 is 0 Å². The van der Waals surface area contributed by atoms with E-state index in [2.05, 4.69) is 0 Å². The topological polar surface area (TPSA) is 158 Å². The van der Waals surface area contributed by atoms with Crippen molar-refractivity contribution in [1.29, 1.82) is 0 Å². The van der Waals surface area contributed by atoms with Gasteiger partial charge in [0.1, 0.15) is 0 Å². The van der Waals surface area contributed by atoms with Crippen LogP contribution < -0.4 is 0 Å². The minimum Gasteiger partial charge on any atom is -0.412 e. The third-order valence-electron chi connectivity index (χ3n) is 0. The molecular weight excluding hydrogens is 239 g/mol. The van der Waals surface area contributed by atoms with Gasteiger partial charge in [-0.05, 0) is 0 Å². The summed E-state index contributed by atoms with van der Waals surface area (Å²) < 4.78 is 0. The zero-order valence-corrected chi connectivity index (χ0v) is 6.13. The molecule has 0 heterocycles. The van der Waals surface area contributed by atoms with Crippen molar-refractivity contribution < 1.29 is 68.3 Å². The minimum absolute atomic E-state index is 0. The quantitative estimate of drug-likeness (QED) is 0.382. The van der Waals surface area contributed by atoms with E-state index in [4.69, 9.17) is 0 Å². The monoisotopic (exact) mass is 248 g/mol. The van der Waals surface area contributed by atoms with Crippen molar-refractivity contribution in [1.82, 2.24) is 0 Å². The zero-order valence-electron chi connectivity index (χ0n) is 3.25. The normalized spacial score (nSPS) is 0. The maximum Gasteiger partial charge on any atom is 0 e. The van der Waals surface area contributed by atoms with Gasteiger partial charge in [0.05, 0.1) is 0 Å². The summed E-state index contributed by atoms with van der Waals surface area (Å²) in [7, 11) is 0. The van der Waals surface area contributed by atoms with Crippen LogP contribution in [-0.4, -0.2) is 27.4 Å². The molecule has 7 heavy (non-hydrogen) atoms. The molecule has 0 aromatic carbocycles. The fourth-order valence-corrected chi connectivity index (χ4v) is 0. The smallest absolute Gasteiger partial charge is 0 e. The summed E-state index contributed by atoms with van der Waals surface area (Å²) in [6.45, 7) is 0. The number of hydrogen-bond acceptors (Lipinski definition) is 0. The molecule has 0 unspecified atom stereocenters. The van der Waals surface area contributed by atoms with Gasteiger partial charge < -0.3 is 27.4 Å².